The Morgan fingerprint density at radius 2 is 1.83 bits per heavy atom. The Morgan fingerprint density at radius 1 is 1.14 bits per heavy atom. The Balaban J connectivity index is 1.64. The monoisotopic (exact) mass is 515 g/mol. The van der Waals surface area contributed by atoms with Crippen LogP contribution in [0.25, 0.3) is 5.82 Å². The van der Waals surface area contributed by atoms with Gasteiger partial charge in [-0.1, -0.05) is 0 Å². The van der Waals surface area contributed by atoms with Crippen molar-refractivity contribution in [2.24, 2.45) is 0 Å². The molecule has 0 N–H and O–H groups in total. The van der Waals surface area contributed by atoms with Gasteiger partial charge in [-0.3, -0.25) is 0 Å². The number of rotatable bonds is 7. The van der Waals surface area contributed by atoms with E-state index in [1.165, 1.54) is 0 Å². The Bertz CT molecular complexity index is 812. The van der Waals surface area contributed by atoms with E-state index >= 15 is 0 Å². The van der Waals surface area contributed by atoms with Gasteiger partial charge in [0.1, 0.15) is 5.82 Å². The number of carbonyl (C=O) groups is 1. The van der Waals surface area contributed by atoms with E-state index in [0.717, 1.165) is 59.0 Å². The van der Waals surface area contributed by atoms with Gasteiger partial charge in [-0.15, -0.1) is 0 Å². The molecule has 7 nitrogen and oxygen atoms in total. The number of amides is 1. The molecule has 0 atom stereocenters. The van der Waals surface area contributed by atoms with Crippen LogP contribution in [0.15, 0.2) is 24.4 Å². The number of pyridine rings is 1. The molecular weight excluding hydrogens is 484 g/mol. The van der Waals surface area contributed by atoms with Crippen molar-refractivity contribution < 1.29 is 14.3 Å². The molecule has 0 saturated carbocycles. The Morgan fingerprint density at radius 3 is 2.45 bits per heavy atom. The summed E-state index contributed by atoms with van der Waals surface area (Å²) in [5.74, 6) is 1.64. The standard InChI is InChI=1S/C21H29N4O3Te/c1-16-6-7-17(2)25(16)20-14-19(27-3)18(15-22-20)23-8-10-24(11-9-23)21(26)28-12-4-5-13-29/h6-7,14-15H,4-5,8-13H2,1-3H3. The van der Waals surface area contributed by atoms with Gasteiger partial charge in [0.05, 0.1) is 7.11 Å². The fourth-order valence-electron chi connectivity index (χ4n) is 3.56. The van der Waals surface area contributed by atoms with Gasteiger partial charge in [0.25, 0.3) is 0 Å². The second kappa shape index (κ2) is 10.2. The zero-order chi connectivity index (χ0) is 20.8. The van der Waals surface area contributed by atoms with Crippen LogP contribution in [0.5, 0.6) is 5.75 Å². The van der Waals surface area contributed by atoms with E-state index in [-0.39, 0.29) is 6.09 Å². The average molecular weight is 513 g/mol. The van der Waals surface area contributed by atoms with Crippen molar-refractivity contribution in [2.45, 2.75) is 31.2 Å². The number of hydrogen-bond donors (Lipinski definition) is 0. The van der Waals surface area contributed by atoms with Crippen molar-refractivity contribution in [3.8, 4) is 11.6 Å². The van der Waals surface area contributed by atoms with E-state index < -0.39 is 0 Å². The molecule has 1 aliphatic heterocycles. The number of hydrogen-bond acceptors (Lipinski definition) is 5. The molecule has 0 unspecified atom stereocenters. The molecule has 0 aliphatic carbocycles. The molecule has 1 fully saturated rings. The third kappa shape index (κ3) is 5.17. The first kappa shape index (κ1) is 21.8. The quantitative estimate of drug-likeness (QED) is 0.421. The number of carbonyl (C=O) groups excluding carboxylic acids is 1. The molecule has 0 spiro atoms. The second-order valence-electron chi connectivity index (χ2n) is 7.17. The van der Waals surface area contributed by atoms with Gasteiger partial charge in [0.15, 0.2) is 0 Å². The minimum absolute atomic E-state index is 0.208. The van der Waals surface area contributed by atoms with Crippen LogP contribution in [0.3, 0.4) is 0 Å². The molecule has 3 heterocycles. The molecule has 1 radical (unpaired) electrons. The Labute approximate surface area is 185 Å². The maximum atomic E-state index is 12.2. The predicted octanol–water partition coefficient (Wildman–Crippen LogP) is 3.12. The summed E-state index contributed by atoms with van der Waals surface area (Å²) in [5, 5.41) is 0. The fourth-order valence-corrected chi connectivity index (χ4v) is 4.14. The molecule has 8 heteroatoms. The summed E-state index contributed by atoms with van der Waals surface area (Å²) in [6, 6.07) is 6.14. The molecule has 3 rings (SSSR count). The van der Waals surface area contributed by atoms with E-state index in [0.29, 0.717) is 19.7 Å². The van der Waals surface area contributed by atoms with E-state index in [2.05, 4.69) is 62.7 Å². The van der Waals surface area contributed by atoms with E-state index in [1.807, 2.05) is 12.3 Å². The van der Waals surface area contributed by atoms with Crippen molar-refractivity contribution >= 4 is 34.1 Å². The van der Waals surface area contributed by atoms with E-state index in [1.54, 1.807) is 12.0 Å². The van der Waals surface area contributed by atoms with Gasteiger partial charge in [-0.25, -0.2) is 4.98 Å². The second-order valence-corrected chi connectivity index (χ2v) is 8.33. The molecule has 1 saturated heterocycles. The topological polar surface area (TPSA) is 59.8 Å². The third-order valence-corrected chi connectivity index (χ3v) is 6.02. The van der Waals surface area contributed by atoms with E-state index in [9.17, 15) is 4.79 Å². The third-order valence-electron chi connectivity index (χ3n) is 5.19. The predicted molar refractivity (Wildman–Crippen MR) is 115 cm³/mol. The molecule has 0 aromatic carbocycles. The van der Waals surface area contributed by atoms with Crippen LogP contribution < -0.4 is 9.64 Å². The number of anilines is 1. The van der Waals surface area contributed by atoms with Crippen LogP contribution in [-0.4, -0.2) is 82.7 Å². The molecule has 2 aromatic rings. The van der Waals surface area contributed by atoms with Crippen LogP contribution in [0, 0.1) is 13.8 Å². The first-order valence-electron chi connectivity index (χ1n) is 9.99. The van der Waals surface area contributed by atoms with Gasteiger partial charge < -0.3 is 9.30 Å². The van der Waals surface area contributed by atoms with Gasteiger partial charge in [0.2, 0.25) is 0 Å². The molecule has 2 aromatic heterocycles. The van der Waals surface area contributed by atoms with Crippen molar-refractivity contribution in [3.05, 3.63) is 35.8 Å². The van der Waals surface area contributed by atoms with E-state index in [4.69, 9.17) is 9.47 Å². The number of piperazine rings is 1. The SMILES string of the molecule is COc1cc(-n2c(C)ccc2C)ncc1N1CCN(C(=O)OCCCC[Te])CC1. The molecule has 1 amide bonds. The molecule has 1 aliphatic rings. The van der Waals surface area contributed by atoms with Crippen molar-refractivity contribution in [1.29, 1.82) is 0 Å². The van der Waals surface area contributed by atoms with Crippen LogP contribution >= 0.6 is 0 Å². The summed E-state index contributed by atoms with van der Waals surface area (Å²) in [7, 11) is 1.68. The average Bonchev–Trinajstić information content (AvgIpc) is 3.08. The summed E-state index contributed by atoms with van der Waals surface area (Å²) in [6.45, 7) is 7.35. The van der Waals surface area contributed by atoms with Crippen molar-refractivity contribution in [3.63, 3.8) is 0 Å². The number of aryl methyl sites for hydroxylation is 2. The van der Waals surface area contributed by atoms with Gasteiger partial charge in [-0.2, -0.15) is 0 Å². The summed E-state index contributed by atoms with van der Waals surface area (Å²) < 4.78 is 14.3. The zero-order valence-corrected chi connectivity index (χ0v) is 19.7. The fraction of sp³-hybridized carbons (Fsp3) is 0.524. The van der Waals surface area contributed by atoms with Crippen LogP contribution in [-0.2, 0) is 4.74 Å². The van der Waals surface area contributed by atoms with Gasteiger partial charge >= 0.3 is 115 Å². The molecular formula is C21H29N4O3Te. The number of methoxy groups -OCH3 is 1. The molecule has 29 heavy (non-hydrogen) atoms. The molecule has 157 valence electrons. The number of unbranched alkanes of at least 4 members (excludes halogenated alkanes) is 1. The maximum absolute atomic E-state index is 12.2. The van der Waals surface area contributed by atoms with Gasteiger partial charge in [0, 0.05) is 17.5 Å². The number of nitrogens with zero attached hydrogens (tertiary/aromatic N) is 4. The minimum atomic E-state index is -0.208. The van der Waals surface area contributed by atoms with Crippen molar-refractivity contribution in [2.75, 3.05) is 44.8 Å². The van der Waals surface area contributed by atoms with Crippen LogP contribution in [0.2, 0.25) is 4.47 Å². The van der Waals surface area contributed by atoms with Crippen LogP contribution in [0.1, 0.15) is 24.2 Å². The van der Waals surface area contributed by atoms with Crippen LogP contribution in [0.4, 0.5) is 10.5 Å². The summed E-state index contributed by atoms with van der Waals surface area (Å²) in [5.41, 5.74) is 3.22. The van der Waals surface area contributed by atoms with Crippen molar-refractivity contribution in [1.82, 2.24) is 14.5 Å². The summed E-state index contributed by atoms with van der Waals surface area (Å²) in [4.78, 5) is 20.9. The van der Waals surface area contributed by atoms with Gasteiger partial charge in [-0.05, 0) is 26.0 Å². The first-order chi connectivity index (χ1) is 14.0. The Hall–Kier alpha value is -1.91. The first-order valence-corrected chi connectivity index (χ1v) is 11.6. The summed E-state index contributed by atoms with van der Waals surface area (Å²) >= 11 is 2.07. The number of aromatic nitrogens is 2. The summed E-state index contributed by atoms with van der Waals surface area (Å²) in [6.07, 6.45) is 3.68. The number of ether oxygens (including phenoxy) is 2. The zero-order valence-electron chi connectivity index (χ0n) is 17.4. The normalized spacial score (nSPS) is 14.2. The molecule has 0 bridgehead atoms. The Kier molecular flexibility index (Phi) is 7.68.